The van der Waals surface area contributed by atoms with Crippen LogP contribution in [0.1, 0.15) is 12.0 Å². The van der Waals surface area contributed by atoms with Crippen molar-refractivity contribution in [1.82, 2.24) is 10.2 Å². The van der Waals surface area contributed by atoms with E-state index in [2.05, 4.69) is 5.32 Å². The largest absolute Gasteiger partial charge is 0.350 e. The normalized spacial score (nSPS) is 25.8. The summed E-state index contributed by atoms with van der Waals surface area (Å²) in [6, 6.07) is 9.55. The fourth-order valence-corrected chi connectivity index (χ4v) is 2.56. The van der Waals surface area contributed by atoms with Gasteiger partial charge < -0.3 is 10.2 Å². The Bertz CT molecular complexity index is 510. The molecule has 4 heteroatoms. The number of carbonyl (C=O) groups is 2. The molecule has 2 bridgehead atoms. The van der Waals surface area contributed by atoms with Crippen molar-refractivity contribution in [2.45, 2.75) is 18.5 Å². The second-order valence-electron chi connectivity index (χ2n) is 4.69. The van der Waals surface area contributed by atoms with E-state index in [0.29, 0.717) is 6.54 Å². The number of nitrogens with one attached hydrogen (secondary N) is 1. The summed E-state index contributed by atoms with van der Waals surface area (Å²) in [5.74, 6) is -0.103. The van der Waals surface area contributed by atoms with Crippen LogP contribution in [-0.4, -0.2) is 35.3 Å². The van der Waals surface area contributed by atoms with Crippen molar-refractivity contribution >= 4 is 17.9 Å². The molecule has 3 rings (SSSR count). The SMILES string of the molecule is O=C1N[C@H]2C[C@@H]1N(C(=O)/C=C/c1ccccc1)C2. The molecule has 2 fully saturated rings. The van der Waals surface area contributed by atoms with E-state index in [-0.39, 0.29) is 23.9 Å². The number of amides is 2. The lowest BCUT2D eigenvalue weighted by molar-refractivity contribution is -0.136. The van der Waals surface area contributed by atoms with Gasteiger partial charge in [0.1, 0.15) is 6.04 Å². The van der Waals surface area contributed by atoms with Crippen LogP contribution in [-0.2, 0) is 9.59 Å². The van der Waals surface area contributed by atoms with E-state index in [0.717, 1.165) is 12.0 Å². The van der Waals surface area contributed by atoms with Crippen molar-refractivity contribution in [2.24, 2.45) is 0 Å². The van der Waals surface area contributed by atoms with Gasteiger partial charge >= 0.3 is 0 Å². The highest BCUT2D eigenvalue weighted by atomic mass is 16.2. The molecule has 2 atom stereocenters. The van der Waals surface area contributed by atoms with Crippen LogP contribution in [0, 0.1) is 0 Å². The minimum Gasteiger partial charge on any atom is -0.350 e. The number of hydrogen-bond acceptors (Lipinski definition) is 2. The molecule has 1 aromatic rings. The second kappa shape index (κ2) is 4.29. The zero-order chi connectivity index (χ0) is 12.5. The molecule has 1 N–H and O–H groups in total. The minimum absolute atomic E-state index is 0.0206. The van der Waals surface area contributed by atoms with E-state index in [9.17, 15) is 9.59 Å². The topological polar surface area (TPSA) is 49.4 Å². The van der Waals surface area contributed by atoms with Crippen molar-refractivity contribution in [2.75, 3.05) is 6.54 Å². The third-order valence-electron chi connectivity index (χ3n) is 3.45. The predicted molar refractivity (Wildman–Crippen MR) is 67.5 cm³/mol. The van der Waals surface area contributed by atoms with Crippen molar-refractivity contribution in [3.8, 4) is 0 Å². The van der Waals surface area contributed by atoms with E-state index in [1.807, 2.05) is 30.3 Å². The fourth-order valence-electron chi connectivity index (χ4n) is 2.56. The molecule has 0 aromatic heterocycles. The average Bonchev–Trinajstić information content (AvgIpc) is 2.96. The summed E-state index contributed by atoms with van der Waals surface area (Å²) in [6.07, 6.45) is 4.08. The molecule has 2 amide bonds. The number of carbonyl (C=O) groups excluding carboxylic acids is 2. The number of likely N-dealkylation sites (tertiary alicyclic amines) is 1. The smallest absolute Gasteiger partial charge is 0.247 e. The van der Waals surface area contributed by atoms with Crippen LogP contribution in [0.4, 0.5) is 0 Å². The minimum atomic E-state index is -0.261. The lowest BCUT2D eigenvalue weighted by Gasteiger charge is -2.25. The van der Waals surface area contributed by atoms with Crippen LogP contribution >= 0.6 is 0 Å². The highest BCUT2D eigenvalue weighted by Gasteiger charge is 2.45. The maximum absolute atomic E-state index is 12.0. The van der Waals surface area contributed by atoms with Crippen LogP contribution in [0.2, 0.25) is 0 Å². The molecule has 0 spiro atoms. The Morgan fingerprint density at radius 2 is 2.11 bits per heavy atom. The van der Waals surface area contributed by atoms with Gasteiger partial charge in [0.15, 0.2) is 0 Å². The summed E-state index contributed by atoms with van der Waals surface area (Å²) < 4.78 is 0. The molecule has 2 aliphatic heterocycles. The highest BCUT2D eigenvalue weighted by Crippen LogP contribution is 2.24. The van der Waals surface area contributed by atoms with Crippen LogP contribution in [0.15, 0.2) is 36.4 Å². The van der Waals surface area contributed by atoms with Crippen molar-refractivity contribution in [3.05, 3.63) is 42.0 Å². The lowest BCUT2D eigenvalue weighted by atomic mass is 10.2. The Kier molecular flexibility index (Phi) is 2.63. The van der Waals surface area contributed by atoms with Crippen molar-refractivity contribution in [3.63, 3.8) is 0 Å². The maximum atomic E-state index is 12.0. The molecular formula is C14H14N2O2. The highest BCUT2D eigenvalue weighted by molar-refractivity contribution is 5.97. The van der Waals surface area contributed by atoms with Gasteiger partial charge in [0.05, 0.1) is 0 Å². The van der Waals surface area contributed by atoms with E-state index in [1.165, 1.54) is 0 Å². The number of piperazine rings is 1. The molecular weight excluding hydrogens is 228 g/mol. The number of fused-ring (bicyclic) bond motifs is 2. The molecule has 92 valence electrons. The molecule has 2 aliphatic rings. The van der Waals surface area contributed by atoms with Gasteiger partial charge in [0.2, 0.25) is 11.8 Å². The summed E-state index contributed by atoms with van der Waals surface area (Å²) >= 11 is 0. The number of rotatable bonds is 2. The molecule has 4 nitrogen and oxygen atoms in total. The number of hydrogen-bond donors (Lipinski definition) is 1. The van der Waals surface area contributed by atoms with Gasteiger partial charge in [-0.2, -0.15) is 0 Å². The fraction of sp³-hybridized carbons (Fsp3) is 0.286. The molecule has 1 aromatic carbocycles. The van der Waals surface area contributed by atoms with Gasteiger partial charge in [0.25, 0.3) is 0 Å². The first-order chi connectivity index (χ1) is 8.74. The third kappa shape index (κ3) is 1.90. The average molecular weight is 242 g/mol. The molecule has 2 heterocycles. The number of nitrogens with zero attached hydrogens (tertiary/aromatic N) is 1. The quantitative estimate of drug-likeness (QED) is 0.780. The monoisotopic (exact) mass is 242 g/mol. The first-order valence-electron chi connectivity index (χ1n) is 6.08. The molecule has 18 heavy (non-hydrogen) atoms. The van der Waals surface area contributed by atoms with Crippen molar-refractivity contribution < 1.29 is 9.59 Å². The Hall–Kier alpha value is -2.10. The van der Waals surface area contributed by atoms with E-state index >= 15 is 0 Å². The summed E-state index contributed by atoms with van der Waals surface area (Å²) in [5.41, 5.74) is 0.986. The predicted octanol–water partition coefficient (Wildman–Crippen LogP) is 0.799. The number of benzene rings is 1. The Labute approximate surface area is 105 Å². The zero-order valence-corrected chi connectivity index (χ0v) is 9.87. The Morgan fingerprint density at radius 1 is 1.33 bits per heavy atom. The second-order valence-corrected chi connectivity index (χ2v) is 4.69. The standard InChI is InChI=1S/C14H14N2O2/c17-13(7-6-10-4-2-1-3-5-10)16-9-11-8-12(16)14(18)15-11/h1-7,11-12H,8-9H2,(H,15,18)/b7-6+/t11-,12-/m0/s1. The maximum Gasteiger partial charge on any atom is 0.247 e. The molecule has 2 saturated heterocycles. The van der Waals surface area contributed by atoms with E-state index in [1.54, 1.807) is 17.1 Å². The van der Waals surface area contributed by atoms with Gasteiger partial charge in [-0.15, -0.1) is 0 Å². The molecule has 0 radical (unpaired) electrons. The molecule has 0 saturated carbocycles. The Balaban J connectivity index is 1.69. The first kappa shape index (κ1) is 11.0. The lowest BCUT2D eigenvalue weighted by Crippen LogP contribution is -2.49. The molecule has 0 unspecified atom stereocenters. The molecule has 0 aliphatic carbocycles. The van der Waals surface area contributed by atoms with Gasteiger partial charge in [0, 0.05) is 18.7 Å². The van der Waals surface area contributed by atoms with Crippen molar-refractivity contribution in [1.29, 1.82) is 0 Å². The van der Waals surface area contributed by atoms with Gasteiger partial charge in [-0.3, -0.25) is 9.59 Å². The van der Waals surface area contributed by atoms with Crippen LogP contribution in [0.5, 0.6) is 0 Å². The van der Waals surface area contributed by atoms with E-state index in [4.69, 9.17) is 0 Å². The van der Waals surface area contributed by atoms with Crippen LogP contribution < -0.4 is 5.32 Å². The van der Waals surface area contributed by atoms with Gasteiger partial charge in [-0.1, -0.05) is 30.3 Å². The summed E-state index contributed by atoms with van der Waals surface area (Å²) in [6.45, 7) is 0.633. The van der Waals surface area contributed by atoms with E-state index < -0.39 is 0 Å². The zero-order valence-electron chi connectivity index (χ0n) is 9.87. The first-order valence-corrected chi connectivity index (χ1v) is 6.08. The van der Waals surface area contributed by atoms with Crippen LogP contribution in [0.3, 0.4) is 0 Å². The summed E-state index contributed by atoms with van der Waals surface area (Å²) in [7, 11) is 0. The van der Waals surface area contributed by atoms with Crippen LogP contribution in [0.25, 0.3) is 6.08 Å². The van der Waals surface area contributed by atoms with Gasteiger partial charge in [-0.05, 0) is 18.1 Å². The Morgan fingerprint density at radius 3 is 2.78 bits per heavy atom. The third-order valence-corrected chi connectivity index (χ3v) is 3.45. The van der Waals surface area contributed by atoms with Gasteiger partial charge in [-0.25, -0.2) is 0 Å². The summed E-state index contributed by atoms with van der Waals surface area (Å²) in [4.78, 5) is 25.2. The summed E-state index contributed by atoms with van der Waals surface area (Å²) in [5, 5.41) is 2.86.